The van der Waals surface area contributed by atoms with Gasteiger partial charge in [-0.3, -0.25) is 0 Å². The molecule has 1 atom stereocenters. The molecule has 0 aliphatic carbocycles. The van der Waals surface area contributed by atoms with E-state index in [1.54, 1.807) is 13.0 Å². The van der Waals surface area contributed by atoms with Gasteiger partial charge in [0.05, 0.1) is 41.5 Å². The van der Waals surface area contributed by atoms with E-state index >= 15 is 0 Å². The number of halogens is 2. The highest BCUT2D eigenvalue weighted by molar-refractivity contribution is 6.42. The predicted molar refractivity (Wildman–Crippen MR) is 92.1 cm³/mol. The molecular weight excluding hydrogens is 353 g/mol. The van der Waals surface area contributed by atoms with Gasteiger partial charge >= 0.3 is 12.0 Å². The van der Waals surface area contributed by atoms with Gasteiger partial charge in [-0.15, -0.1) is 0 Å². The quantitative estimate of drug-likeness (QED) is 0.655. The fourth-order valence-corrected chi connectivity index (χ4v) is 2.78. The van der Waals surface area contributed by atoms with E-state index in [0.717, 1.165) is 10.5 Å². The van der Waals surface area contributed by atoms with Crippen molar-refractivity contribution < 1.29 is 19.2 Å². The molecular formula is C16H20Cl2N3O3+. The van der Waals surface area contributed by atoms with Crippen LogP contribution in [0.3, 0.4) is 0 Å². The van der Waals surface area contributed by atoms with Crippen molar-refractivity contribution >= 4 is 35.2 Å². The normalized spacial score (nSPS) is 15.6. The van der Waals surface area contributed by atoms with Gasteiger partial charge in [0, 0.05) is 5.56 Å². The first kappa shape index (κ1) is 18.6. The summed E-state index contributed by atoms with van der Waals surface area (Å²) in [7, 11) is 1.96. The van der Waals surface area contributed by atoms with Crippen LogP contribution in [-0.4, -0.2) is 38.7 Å². The largest absolute Gasteiger partial charge is 0.463 e. The molecule has 1 aliphatic rings. The summed E-state index contributed by atoms with van der Waals surface area (Å²) in [5.74, 6) is -0.415. The summed E-state index contributed by atoms with van der Waals surface area (Å²) in [6.07, 6.45) is 0. The fraction of sp³-hybridized carbons (Fsp3) is 0.375. The number of carbonyl (C=O) groups excluding carboxylic acids is 2. The zero-order chi connectivity index (χ0) is 17.7. The zero-order valence-corrected chi connectivity index (χ0v) is 15.1. The third kappa shape index (κ3) is 4.87. The molecule has 0 radical (unpaired) electrons. The lowest BCUT2D eigenvalue weighted by Gasteiger charge is -2.23. The van der Waals surface area contributed by atoms with Crippen LogP contribution in [0.5, 0.6) is 0 Å². The standard InChI is InChI=1S/C16H19Cl2N3O3/c1-3-24-15(22)11-7-19-16(23)20-14(11)9-21(2)8-10-4-5-12(17)13(18)6-10/h4-6H,3,7-9H2,1-2H3,(H2,19,20,23)/p+1. The lowest BCUT2D eigenvalue weighted by Crippen LogP contribution is -3.08. The van der Waals surface area contributed by atoms with Gasteiger partial charge in [0.15, 0.2) is 0 Å². The van der Waals surface area contributed by atoms with E-state index in [4.69, 9.17) is 27.9 Å². The SMILES string of the molecule is CCOC(=O)C1=C(C[NH+](C)Cc2ccc(Cl)c(Cl)c2)NC(=O)NC1. The van der Waals surface area contributed by atoms with Crippen LogP contribution in [0.25, 0.3) is 0 Å². The Hall–Kier alpha value is -1.76. The van der Waals surface area contributed by atoms with Crippen molar-refractivity contribution in [3.63, 3.8) is 0 Å². The first-order valence-corrected chi connectivity index (χ1v) is 8.35. The van der Waals surface area contributed by atoms with Crippen LogP contribution in [-0.2, 0) is 16.1 Å². The van der Waals surface area contributed by atoms with E-state index in [0.29, 0.717) is 34.4 Å². The van der Waals surface area contributed by atoms with Gasteiger partial charge in [-0.05, 0) is 19.1 Å². The third-order valence-corrected chi connectivity index (χ3v) is 4.28. The van der Waals surface area contributed by atoms with Crippen molar-refractivity contribution in [1.29, 1.82) is 0 Å². The van der Waals surface area contributed by atoms with Crippen LogP contribution in [0.4, 0.5) is 4.79 Å². The Morgan fingerprint density at radius 1 is 1.29 bits per heavy atom. The second kappa shape index (κ2) is 8.37. The number of ether oxygens (including phenoxy) is 1. The third-order valence-electron chi connectivity index (χ3n) is 3.54. The van der Waals surface area contributed by atoms with Crippen LogP contribution < -0.4 is 15.5 Å². The molecule has 3 N–H and O–H groups in total. The summed E-state index contributed by atoms with van der Waals surface area (Å²) in [5.41, 5.74) is 2.04. The molecule has 6 nitrogen and oxygen atoms in total. The van der Waals surface area contributed by atoms with Crippen molar-refractivity contribution in [2.45, 2.75) is 13.5 Å². The molecule has 1 heterocycles. The summed E-state index contributed by atoms with van der Waals surface area (Å²) < 4.78 is 5.05. The molecule has 8 heteroatoms. The maximum Gasteiger partial charge on any atom is 0.337 e. The zero-order valence-electron chi connectivity index (χ0n) is 13.5. The minimum Gasteiger partial charge on any atom is -0.463 e. The Balaban J connectivity index is 2.11. The fourth-order valence-electron chi connectivity index (χ4n) is 2.46. The Morgan fingerprint density at radius 2 is 2.04 bits per heavy atom. The number of urea groups is 1. The number of quaternary nitrogens is 1. The van der Waals surface area contributed by atoms with E-state index in [-0.39, 0.29) is 19.2 Å². The smallest absolute Gasteiger partial charge is 0.337 e. The summed E-state index contributed by atoms with van der Waals surface area (Å²) in [4.78, 5) is 24.7. The number of hydrogen-bond donors (Lipinski definition) is 3. The first-order valence-electron chi connectivity index (χ1n) is 7.60. The highest BCUT2D eigenvalue weighted by Crippen LogP contribution is 2.22. The molecule has 1 aromatic carbocycles. The average molecular weight is 373 g/mol. The lowest BCUT2D eigenvalue weighted by molar-refractivity contribution is -0.889. The van der Waals surface area contributed by atoms with Gasteiger partial charge in [0.1, 0.15) is 13.1 Å². The van der Waals surface area contributed by atoms with Crippen LogP contribution in [0.2, 0.25) is 10.0 Å². The van der Waals surface area contributed by atoms with Gasteiger partial charge in [0.25, 0.3) is 0 Å². The number of amides is 2. The molecule has 0 bridgehead atoms. The second-order valence-electron chi connectivity index (χ2n) is 5.54. The molecule has 0 aromatic heterocycles. The Bertz CT molecular complexity index is 677. The van der Waals surface area contributed by atoms with Crippen LogP contribution in [0.15, 0.2) is 29.5 Å². The van der Waals surface area contributed by atoms with Crippen molar-refractivity contribution in [3.05, 3.63) is 45.1 Å². The molecule has 1 aliphatic heterocycles. The van der Waals surface area contributed by atoms with E-state index in [9.17, 15) is 9.59 Å². The number of rotatable bonds is 6. The van der Waals surface area contributed by atoms with Gasteiger partial charge in [-0.25, -0.2) is 9.59 Å². The average Bonchev–Trinajstić information content (AvgIpc) is 2.51. The van der Waals surface area contributed by atoms with Crippen molar-refractivity contribution in [3.8, 4) is 0 Å². The van der Waals surface area contributed by atoms with Crippen molar-refractivity contribution in [2.75, 3.05) is 26.7 Å². The van der Waals surface area contributed by atoms with Gasteiger partial charge in [-0.1, -0.05) is 29.3 Å². The molecule has 0 spiro atoms. The lowest BCUT2D eigenvalue weighted by atomic mass is 10.1. The van der Waals surface area contributed by atoms with Crippen LogP contribution >= 0.6 is 23.2 Å². The monoisotopic (exact) mass is 372 g/mol. The van der Waals surface area contributed by atoms with Crippen LogP contribution in [0, 0.1) is 0 Å². The number of esters is 1. The minimum atomic E-state index is -0.415. The Kier molecular flexibility index (Phi) is 6.48. The number of benzene rings is 1. The maximum atomic E-state index is 12.0. The molecule has 0 saturated carbocycles. The molecule has 2 rings (SSSR count). The Morgan fingerprint density at radius 3 is 2.71 bits per heavy atom. The number of nitrogens with one attached hydrogen (secondary N) is 3. The molecule has 130 valence electrons. The number of hydrogen-bond acceptors (Lipinski definition) is 3. The maximum absolute atomic E-state index is 12.0. The van der Waals surface area contributed by atoms with E-state index < -0.39 is 5.97 Å². The van der Waals surface area contributed by atoms with E-state index in [1.807, 2.05) is 19.2 Å². The first-order chi connectivity index (χ1) is 11.4. The van der Waals surface area contributed by atoms with E-state index in [1.165, 1.54) is 0 Å². The molecule has 24 heavy (non-hydrogen) atoms. The molecule has 2 amide bonds. The van der Waals surface area contributed by atoms with Gasteiger partial charge in [-0.2, -0.15) is 0 Å². The Labute approximate surface area is 150 Å². The van der Waals surface area contributed by atoms with Gasteiger partial charge < -0.3 is 20.3 Å². The topological polar surface area (TPSA) is 71.9 Å². The molecule has 1 unspecified atom stereocenters. The molecule has 0 fully saturated rings. The van der Waals surface area contributed by atoms with E-state index in [2.05, 4.69) is 10.6 Å². The molecule has 1 aromatic rings. The number of likely N-dealkylation sites (N-methyl/N-ethyl adjacent to an activating group) is 1. The van der Waals surface area contributed by atoms with Crippen molar-refractivity contribution in [2.24, 2.45) is 0 Å². The predicted octanol–water partition coefficient (Wildman–Crippen LogP) is 1.14. The highest BCUT2D eigenvalue weighted by Gasteiger charge is 2.25. The minimum absolute atomic E-state index is 0.167. The van der Waals surface area contributed by atoms with Crippen LogP contribution in [0.1, 0.15) is 12.5 Å². The number of carbonyl (C=O) groups is 2. The van der Waals surface area contributed by atoms with Gasteiger partial charge in [0.2, 0.25) is 0 Å². The molecule has 0 saturated heterocycles. The van der Waals surface area contributed by atoms with Crippen molar-refractivity contribution in [1.82, 2.24) is 10.6 Å². The second-order valence-corrected chi connectivity index (χ2v) is 6.36. The summed E-state index contributed by atoms with van der Waals surface area (Å²) in [6.45, 7) is 3.34. The summed E-state index contributed by atoms with van der Waals surface area (Å²) >= 11 is 12.0. The summed E-state index contributed by atoms with van der Waals surface area (Å²) in [5, 5.41) is 6.31. The summed E-state index contributed by atoms with van der Waals surface area (Å²) in [6, 6.07) is 5.15. The highest BCUT2D eigenvalue weighted by atomic mass is 35.5.